The van der Waals surface area contributed by atoms with E-state index in [2.05, 4.69) is 10.3 Å². The Hall–Kier alpha value is -3.20. The third-order valence-electron chi connectivity index (χ3n) is 4.23. The molecule has 4 nitrogen and oxygen atoms in total. The molecular weight excluding hydrogens is 421 g/mol. The number of carbonyl (C=O) groups excluding carboxylic acids is 2. The summed E-state index contributed by atoms with van der Waals surface area (Å²) in [6.07, 6.45) is -11.2. The van der Waals surface area contributed by atoms with E-state index in [0.717, 1.165) is 13.8 Å². The summed E-state index contributed by atoms with van der Waals surface area (Å²) in [7, 11) is 0. The maximum absolute atomic E-state index is 14.3. The van der Waals surface area contributed by atoms with Gasteiger partial charge in [-0.15, -0.1) is 0 Å². The monoisotopic (exact) mass is 434 g/mol. The Kier molecular flexibility index (Phi) is 6.08. The molecule has 0 spiro atoms. The van der Waals surface area contributed by atoms with Gasteiger partial charge in [0.25, 0.3) is 5.91 Å². The van der Waals surface area contributed by atoms with Gasteiger partial charge in [0.05, 0.1) is 5.69 Å². The zero-order chi connectivity index (χ0) is 22.9. The summed E-state index contributed by atoms with van der Waals surface area (Å²) in [5.41, 5.74) is -7.59. The van der Waals surface area contributed by atoms with Crippen LogP contribution in [0.5, 0.6) is 0 Å². The van der Waals surface area contributed by atoms with Crippen LogP contribution in [0.2, 0.25) is 0 Å². The molecule has 0 aliphatic carbocycles. The number of hydrogen-bond acceptors (Lipinski definition) is 3. The molecule has 2 aromatic carbocycles. The van der Waals surface area contributed by atoms with Gasteiger partial charge >= 0.3 is 18.0 Å². The summed E-state index contributed by atoms with van der Waals surface area (Å²) < 4.78 is 92.2. The molecule has 0 aromatic heterocycles. The number of aryl methyl sites for hydroxylation is 2. The van der Waals surface area contributed by atoms with Crippen LogP contribution in [0.1, 0.15) is 27.0 Å². The Morgan fingerprint density at radius 1 is 0.933 bits per heavy atom. The Morgan fingerprint density at radius 2 is 1.47 bits per heavy atom. The SMILES string of the molecule is Cc1cc(C(F)(C(F)(F)F)C(F)(F)F)cc(C)c1NC(=O)c1cccc(N=C=O)c1. The Bertz CT molecular complexity index is 985. The molecule has 0 aliphatic heterocycles. The Labute approximate surface area is 165 Å². The molecule has 0 atom stereocenters. The van der Waals surface area contributed by atoms with Crippen molar-refractivity contribution in [3.05, 3.63) is 58.7 Å². The lowest BCUT2D eigenvalue weighted by atomic mass is 9.90. The molecule has 0 aliphatic rings. The fourth-order valence-electron chi connectivity index (χ4n) is 2.80. The van der Waals surface area contributed by atoms with Crippen LogP contribution in [0.3, 0.4) is 0 Å². The van der Waals surface area contributed by atoms with Crippen molar-refractivity contribution in [1.29, 1.82) is 0 Å². The molecule has 1 amide bonds. The van der Waals surface area contributed by atoms with Crippen LogP contribution in [-0.4, -0.2) is 24.3 Å². The first kappa shape index (κ1) is 23.1. The van der Waals surface area contributed by atoms with Crippen LogP contribution in [0.15, 0.2) is 41.4 Å². The third kappa shape index (κ3) is 4.20. The molecular formula is C19H13F7N2O2. The smallest absolute Gasteiger partial charge is 0.322 e. The summed E-state index contributed by atoms with van der Waals surface area (Å²) in [5, 5.41) is 2.36. The zero-order valence-electron chi connectivity index (χ0n) is 15.4. The van der Waals surface area contributed by atoms with Crippen molar-refractivity contribution in [2.75, 3.05) is 5.32 Å². The van der Waals surface area contributed by atoms with Crippen LogP contribution in [0.25, 0.3) is 0 Å². The standard InChI is InChI=1S/C19H13F7N2O2/c1-10-6-13(17(20,18(21,22)23)19(24,25)26)7-11(2)15(10)28-16(30)12-4-3-5-14(8-12)27-9-29/h3-8H,1-2H3,(H,28,30). The van der Waals surface area contributed by atoms with Gasteiger partial charge in [0.1, 0.15) is 0 Å². The van der Waals surface area contributed by atoms with E-state index in [-0.39, 0.29) is 28.1 Å². The molecule has 11 heteroatoms. The normalized spacial score (nSPS) is 12.3. The third-order valence-corrected chi connectivity index (χ3v) is 4.23. The van der Waals surface area contributed by atoms with Gasteiger partial charge in [0.15, 0.2) is 0 Å². The predicted octanol–water partition coefficient (Wildman–Crippen LogP) is 5.81. The maximum Gasteiger partial charge on any atom is 0.435 e. The highest BCUT2D eigenvalue weighted by atomic mass is 19.4. The van der Waals surface area contributed by atoms with Gasteiger partial charge < -0.3 is 5.32 Å². The van der Waals surface area contributed by atoms with Crippen molar-refractivity contribution >= 4 is 23.4 Å². The molecule has 160 valence electrons. The molecule has 0 bridgehead atoms. The van der Waals surface area contributed by atoms with Gasteiger partial charge in [-0.1, -0.05) is 18.2 Å². The molecule has 2 rings (SSSR count). The number of amides is 1. The van der Waals surface area contributed by atoms with E-state index < -0.39 is 29.5 Å². The average Bonchev–Trinajstić information content (AvgIpc) is 2.62. The molecule has 0 saturated heterocycles. The molecule has 0 unspecified atom stereocenters. The first-order valence-electron chi connectivity index (χ1n) is 8.15. The van der Waals surface area contributed by atoms with Crippen LogP contribution in [0, 0.1) is 13.8 Å². The zero-order valence-corrected chi connectivity index (χ0v) is 15.4. The highest BCUT2D eigenvalue weighted by Gasteiger charge is 2.73. The highest BCUT2D eigenvalue weighted by molar-refractivity contribution is 6.05. The molecule has 0 heterocycles. The number of alkyl halides is 7. The van der Waals surface area contributed by atoms with E-state index in [1.165, 1.54) is 30.3 Å². The van der Waals surface area contributed by atoms with Gasteiger partial charge in [0.2, 0.25) is 6.08 Å². The van der Waals surface area contributed by atoms with Crippen molar-refractivity contribution in [3.8, 4) is 0 Å². The summed E-state index contributed by atoms with van der Waals surface area (Å²) in [4.78, 5) is 26.0. The van der Waals surface area contributed by atoms with Crippen molar-refractivity contribution in [2.24, 2.45) is 4.99 Å². The van der Waals surface area contributed by atoms with Gasteiger partial charge in [-0.3, -0.25) is 4.79 Å². The summed E-state index contributed by atoms with van der Waals surface area (Å²) in [5.74, 6) is -0.768. The average molecular weight is 434 g/mol. The Morgan fingerprint density at radius 3 is 1.93 bits per heavy atom. The molecule has 1 N–H and O–H groups in total. The van der Waals surface area contributed by atoms with E-state index in [0.29, 0.717) is 12.1 Å². The second-order valence-corrected chi connectivity index (χ2v) is 6.35. The number of nitrogens with one attached hydrogen (secondary N) is 1. The molecule has 2 aromatic rings. The number of nitrogens with zero attached hydrogens (tertiary/aromatic N) is 1. The van der Waals surface area contributed by atoms with Gasteiger partial charge in [-0.05, 0) is 43.2 Å². The van der Waals surface area contributed by atoms with Crippen molar-refractivity contribution < 1.29 is 40.3 Å². The van der Waals surface area contributed by atoms with E-state index in [1.807, 2.05) is 0 Å². The lowest BCUT2D eigenvalue weighted by Gasteiger charge is -2.31. The number of anilines is 1. The van der Waals surface area contributed by atoms with Crippen LogP contribution < -0.4 is 5.32 Å². The van der Waals surface area contributed by atoms with E-state index in [4.69, 9.17) is 0 Å². The largest absolute Gasteiger partial charge is 0.435 e. The fraction of sp³-hybridized carbons (Fsp3) is 0.263. The number of hydrogen-bond donors (Lipinski definition) is 1. The van der Waals surface area contributed by atoms with Gasteiger partial charge in [0, 0.05) is 16.8 Å². The number of aliphatic imine (C=N–C) groups is 1. The van der Waals surface area contributed by atoms with Crippen molar-refractivity contribution in [2.45, 2.75) is 31.9 Å². The molecule has 0 fully saturated rings. The van der Waals surface area contributed by atoms with Crippen LogP contribution in [-0.2, 0) is 10.5 Å². The van der Waals surface area contributed by atoms with Crippen molar-refractivity contribution in [3.63, 3.8) is 0 Å². The number of isocyanates is 1. The maximum atomic E-state index is 14.3. The van der Waals surface area contributed by atoms with E-state index in [9.17, 15) is 40.3 Å². The van der Waals surface area contributed by atoms with E-state index in [1.54, 1.807) is 0 Å². The summed E-state index contributed by atoms with van der Waals surface area (Å²) >= 11 is 0. The number of carbonyl (C=O) groups is 1. The lowest BCUT2D eigenvalue weighted by Crippen LogP contribution is -2.50. The first-order chi connectivity index (χ1) is 13.7. The van der Waals surface area contributed by atoms with Crippen molar-refractivity contribution in [1.82, 2.24) is 0 Å². The second kappa shape index (κ2) is 7.91. The minimum absolute atomic E-state index is 0.0137. The predicted molar refractivity (Wildman–Crippen MR) is 93.0 cm³/mol. The van der Waals surface area contributed by atoms with Gasteiger partial charge in [-0.2, -0.15) is 31.3 Å². The molecule has 0 radical (unpaired) electrons. The second-order valence-electron chi connectivity index (χ2n) is 6.35. The highest BCUT2D eigenvalue weighted by Crippen LogP contribution is 2.53. The summed E-state index contributed by atoms with van der Waals surface area (Å²) in [6.45, 7) is 2.26. The fourth-order valence-corrected chi connectivity index (χ4v) is 2.80. The van der Waals surface area contributed by atoms with Gasteiger partial charge in [-0.25, -0.2) is 9.18 Å². The Balaban J connectivity index is 2.48. The first-order valence-corrected chi connectivity index (χ1v) is 8.15. The van der Waals surface area contributed by atoms with E-state index >= 15 is 0 Å². The topological polar surface area (TPSA) is 58.5 Å². The van der Waals surface area contributed by atoms with Crippen LogP contribution >= 0.6 is 0 Å². The lowest BCUT2D eigenvalue weighted by molar-refractivity contribution is -0.348. The quantitative estimate of drug-likeness (QED) is 0.375. The minimum atomic E-state index is -6.24. The number of rotatable bonds is 4. The molecule has 0 saturated carbocycles. The van der Waals surface area contributed by atoms with Crippen LogP contribution in [0.4, 0.5) is 42.1 Å². The summed E-state index contributed by atoms with van der Waals surface area (Å²) in [6, 6.07) is 6.14. The molecule has 30 heavy (non-hydrogen) atoms. The number of halogens is 7. The minimum Gasteiger partial charge on any atom is -0.322 e. The number of benzene rings is 2.